The highest BCUT2D eigenvalue weighted by molar-refractivity contribution is 5.14. The van der Waals surface area contributed by atoms with Crippen LogP contribution in [0.5, 0.6) is 0 Å². The average molecular weight is 281 g/mol. The van der Waals surface area contributed by atoms with Gasteiger partial charge in [0, 0.05) is 31.4 Å². The van der Waals surface area contributed by atoms with Gasteiger partial charge in [0.2, 0.25) is 0 Å². The van der Waals surface area contributed by atoms with E-state index in [1.807, 2.05) is 10.9 Å². The summed E-state index contributed by atoms with van der Waals surface area (Å²) >= 11 is 0. The van der Waals surface area contributed by atoms with Crippen LogP contribution in [-0.4, -0.2) is 46.5 Å². The zero-order valence-electron chi connectivity index (χ0n) is 12.8. The first-order valence-corrected chi connectivity index (χ1v) is 7.48. The number of aromatic nitrogens is 2. The molecule has 1 aliphatic heterocycles. The normalized spacial score (nSPS) is 21.6. The molecule has 2 rings (SSSR count). The molecular formula is C14H27N5O. The van der Waals surface area contributed by atoms with E-state index in [0.29, 0.717) is 0 Å². The third-order valence-electron chi connectivity index (χ3n) is 4.58. The highest BCUT2D eigenvalue weighted by Gasteiger charge is 2.40. The first kappa shape index (κ1) is 15.4. The molecule has 2 heterocycles. The maximum atomic E-state index is 5.91. The fourth-order valence-electron chi connectivity index (χ4n) is 3.12. The molecule has 1 fully saturated rings. The van der Waals surface area contributed by atoms with Gasteiger partial charge in [0.15, 0.2) is 0 Å². The van der Waals surface area contributed by atoms with Crippen molar-refractivity contribution in [1.82, 2.24) is 20.1 Å². The van der Waals surface area contributed by atoms with Crippen LogP contribution in [0.1, 0.15) is 38.9 Å². The molecule has 6 nitrogen and oxygen atoms in total. The second-order valence-corrected chi connectivity index (χ2v) is 5.48. The fraction of sp³-hybridized carbons (Fsp3) is 0.786. The number of morpholine rings is 1. The SMILES string of the molecule is CCn1nccc1C(NN)C(C)(CC)N1CCOCC1. The molecule has 1 saturated heterocycles. The van der Waals surface area contributed by atoms with Gasteiger partial charge < -0.3 is 4.74 Å². The smallest absolute Gasteiger partial charge is 0.0809 e. The average Bonchev–Trinajstić information content (AvgIpc) is 2.97. The number of nitrogens with zero attached hydrogens (tertiary/aromatic N) is 3. The summed E-state index contributed by atoms with van der Waals surface area (Å²) in [5.41, 5.74) is 4.12. The Morgan fingerprint density at radius 2 is 2.15 bits per heavy atom. The molecule has 1 aromatic heterocycles. The van der Waals surface area contributed by atoms with E-state index in [1.54, 1.807) is 0 Å². The Morgan fingerprint density at radius 1 is 1.45 bits per heavy atom. The van der Waals surface area contributed by atoms with Crippen LogP contribution in [0.25, 0.3) is 0 Å². The van der Waals surface area contributed by atoms with E-state index in [-0.39, 0.29) is 11.6 Å². The lowest BCUT2D eigenvalue weighted by Gasteiger charge is -2.47. The lowest BCUT2D eigenvalue weighted by Crippen LogP contribution is -2.59. The van der Waals surface area contributed by atoms with Crippen molar-refractivity contribution < 1.29 is 4.74 Å². The monoisotopic (exact) mass is 281 g/mol. The van der Waals surface area contributed by atoms with Gasteiger partial charge in [-0.25, -0.2) is 5.43 Å². The highest BCUT2D eigenvalue weighted by atomic mass is 16.5. The van der Waals surface area contributed by atoms with E-state index >= 15 is 0 Å². The van der Waals surface area contributed by atoms with E-state index in [2.05, 4.69) is 42.3 Å². The van der Waals surface area contributed by atoms with Crippen LogP contribution in [0.3, 0.4) is 0 Å². The molecule has 114 valence electrons. The van der Waals surface area contributed by atoms with Crippen LogP contribution in [0.4, 0.5) is 0 Å². The highest BCUT2D eigenvalue weighted by Crippen LogP contribution is 2.34. The van der Waals surface area contributed by atoms with Gasteiger partial charge in [0.25, 0.3) is 0 Å². The number of rotatable bonds is 6. The van der Waals surface area contributed by atoms with Crippen molar-refractivity contribution in [2.24, 2.45) is 5.84 Å². The van der Waals surface area contributed by atoms with Gasteiger partial charge in [-0.15, -0.1) is 0 Å². The van der Waals surface area contributed by atoms with Crippen molar-refractivity contribution >= 4 is 0 Å². The molecule has 2 atom stereocenters. The summed E-state index contributed by atoms with van der Waals surface area (Å²) in [6, 6.07) is 2.11. The summed E-state index contributed by atoms with van der Waals surface area (Å²) in [5.74, 6) is 5.91. The lowest BCUT2D eigenvalue weighted by atomic mass is 9.85. The summed E-state index contributed by atoms with van der Waals surface area (Å²) in [6.45, 7) is 10.9. The Hall–Kier alpha value is -0.950. The Morgan fingerprint density at radius 3 is 2.70 bits per heavy atom. The lowest BCUT2D eigenvalue weighted by molar-refractivity contribution is -0.0340. The summed E-state index contributed by atoms with van der Waals surface area (Å²) in [5, 5.41) is 4.37. The molecule has 2 unspecified atom stereocenters. The van der Waals surface area contributed by atoms with E-state index in [0.717, 1.165) is 45.0 Å². The quantitative estimate of drug-likeness (QED) is 0.599. The zero-order chi connectivity index (χ0) is 14.6. The van der Waals surface area contributed by atoms with Crippen molar-refractivity contribution in [3.8, 4) is 0 Å². The molecule has 0 bridgehead atoms. The Bertz CT molecular complexity index is 415. The van der Waals surface area contributed by atoms with E-state index in [9.17, 15) is 0 Å². The molecule has 0 spiro atoms. The van der Waals surface area contributed by atoms with Crippen LogP contribution in [0, 0.1) is 0 Å². The second kappa shape index (κ2) is 6.67. The third kappa shape index (κ3) is 2.74. The standard InChI is InChI=1S/C14H27N5O/c1-4-14(3,18-8-10-20-11-9-18)13(17-15)12-6-7-16-19(12)5-2/h6-7,13,17H,4-5,8-11,15H2,1-3H3. The minimum atomic E-state index is -0.0501. The Balaban J connectivity index is 2.30. The molecule has 0 aromatic carbocycles. The van der Waals surface area contributed by atoms with Gasteiger partial charge in [0.1, 0.15) is 0 Å². The van der Waals surface area contributed by atoms with Gasteiger partial charge in [-0.1, -0.05) is 6.92 Å². The second-order valence-electron chi connectivity index (χ2n) is 5.48. The van der Waals surface area contributed by atoms with Gasteiger partial charge in [0.05, 0.1) is 24.9 Å². The predicted molar refractivity (Wildman–Crippen MR) is 79.1 cm³/mol. The summed E-state index contributed by atoms with van der Waals surface area (Å²) in [6.07, 6.45) is 2.86. The van der Waals surface area contributed by atoms with E-state index < -0.39 is 0 Å². The third-order valence-corrected chi connectivity index (χ3v) is 4.58. The molecule has 3 N–H and O–H groups in total. The van der Waals surface area contributed by atoms with Gasteiger partial charge in [-0.05, 0) is 26.3 Å². The molecule has 0 saturated carbocycles. The first-order valence-electron chi connectivity index (χ1n) is 7.48. The van der Waals surface area contributed by atoms with E-state index in [4.69, 9.17) is 10.6 Å². The van der Waals surface area contributed by atoms with Gasteiger partial charge in [-0.3, -0.25) is 15.4 Å². The minimum absolute atomic E-state index is 0.0491. The first-order chi connectivity index (χ1) is 9.67. The Labute approximate surface area is 121 Å². The van der Waals surface area contributed by atoms with Crippen molar-refractivity contribution in [1.29, 1.82) is 0 Å². The van der Waals surface area contributed by atoms with Crippen LogP contribution < -0.4 is 11.3 Å². The number of hydrogen-bond donors (Lipinski definition) is 2. The maximum Gasteiger partial charge on any atom is 0.0809 e. The maximum absolute atomic E-state index is 5.91. The molecular weight excluding hydrogens is 254 g/mol. The molecule has 0 radical (unpaired) electrons. The van der Waals surface area contributed by atoms with Gasteiger partial charge in [-0.2, -0.15) is 5.10 Å². The van der Waals surface area contributed by atoms with Crippen LogP contribution in [0.2, 0.25) is 0 Å². The van der Waals surface area contributed by atoms with E-state index in [1.165, 1.54) is 0 Å². The van der Waals surface area contributed by atoms with Gasteiger partial charge >= 0.3 is 0 Å². The van der Waals surface area contributed by atoms with Crippen molar-refractivity contribution in [3.05, 3.63) is 18.0 Å². The number of hydrazine groups is 1. The van der Waals surface area contributed by atoms with Crippen LogP contribution in [-0.2, 0) is 11.3 Å². The topological polar surface area (TPSA) is 68.3 Å². The van der Waals surface area contributed by atoms with Crippen LogP contribution in [0.15, 0.2) is 12.3 Å². The summed E-state index contributed by atoms with van der Waals surface area (Å²) < 4.78 is 7.49. The number of aryl methyl sites for hydroxylation is 1. The van der Waals surface area contributed by atoms with Crippen molar-refractivity contribution in [3.63, 3.8) is 0 Å². The largest absolute Gasteiger partial charge is 0.379 e. The molecule has 1 aliphatic rings. The Kier molecular flexibility index (Phi) is 5.15. The number of nitrogens with one attached hydrogen (secondary N) is 1. The predicted octanol–water partition coefficient (Wildman–Crippen LogP) is 0.908. The number of ether oxygens (including phenoxy) is 1. The summed E-state index contributed by atoms with van der Waals surface area (Å²) in [7, 11) is 0. The number of hydrogen-bond acceptors (Lipinski definition) is 5. The molecule has 6 heteroatoms. The molecule has 1 aromatic rings. The number of nitrogens with two attached hydrogens (primary N) is 1. The minimum Gasteiger partial charge on any atom is -0.379 e. The fourth-order valence-corrected chi connectivity index (χ4v) is 3.12. The summed E-state index contributed by atoms with van der Waals surface area (Å²) in [4.78, 5) is 2.48. The molecule has 0 amide bonds. The van der Waals surface area contributed by atoms with Crippen molar-refractivity contribution in [2.45, 2.75) is 45.3 Å². The zero-order valence-corrected chi connectivity index (χ0v) is 12.8. The van der Waals surface area contributed by atoms with Crippen LogP contribution >= 0.6 is 0 Å². The molecule has 0 aliphatic carbocycles. The molecule has 20 heavy (non-hydrogen) atoms. The van der Waals surface area contributed by atoms with Crippen molar-refractivity contribution in [2.75, 3.05) is 26.3 Å².